The van der Waals surface area contributed by atoms with E-state index in [-0.39, 0.29) is 41.0 Å². The minimum atomic E-state index is -0.882. The molecule has 0 fully saturated rings. The Morgan fingerprint density at radius 3 is 2.48 bits per heavy atom. The number of carbonyl (C=O) groups is 3. The summed E-state index contributed by atoms with van der Waals surface area (Å²) in [6.07, 6.45) is 0. The molecule has 0 atom stereocenters. The Labute approximate surface area is 161 Å². The first kappa shape index (κ1) is 20.6. The van der Waals surface area contributed by atoms with Crippen molar-refractivity contribution in [3.8, 4) is 0 Å². The van der Waals surface area contributed by atoms with E-state index in [1.165, 1.54) is 18.7 Å². The standard InChI is InChI=1S/C19H22N2O5S/c1-5-25-19(24)15-12(4)26-18(16(15)17(20)23)21-14(22)9-27-13-7-6-10(2)8-11(13)3/h6-8H,5,9H2,1-4H3,(H2,20,23)(H,21,22). The molecule has 0 aliphatic heterocycles. The van der Waals surface area contributed by atoms with E-state index in [1.807, 2.05) is 32.0 Å². The van der Waals surface area contributed by atoms with E-state index in [9.17, 15) is 14.4 Å². The van der Waals surface area contributed by atoms with Crippen LogP contribution in [0.25, 0.3) is 0 Å². The number of nitrogens with two attached hydrogens (primary N) is 1. The molecule has 1 aromatic carbocycles. The van der Waals surface area contributed by atoms with Crippen LogP contribution in [-0.2, 0) is 9.53 Å². The first-order chi connectivity index (χ1) is 12.7. The zero-order valence-electron chi connectivity index (χ0n) is 15.7. The van der Waals surface area contributed by atoms with Gasteiger partial charge in [-0.3, -0.25) is 14.9 Å². The summed E-state index contributed by atoms with van der Waals surface area (Å²) >= 11 is 1.36. The molecule has 0 saturated heterocycles. The van der Waals surface area contributed by atoms with E-state index in [4.69, 9.17) is 14.9 Å². The number of primary amides is 1. The van der Waals surface area contributed by atoms with Crippen LogP contribution >= 0.6 is 11.8 Å². The molecule has 0 unspecified atom stereocenters. The van der Waals surface area contributed by atoms with Gasteiger partial charge in [-0.25, -0.2) is 4.79 Å². The van der Waals surface area contributed by atoms with Crippen LogP contribution in [0.15, 0.2) is 27.5 Å². The van der Waals surface area contributed by atoms with E-state index in [0.29, 0.717) is 0 Å². The predicted octanol–water partition coefficient (Wildman–Crippen LogP) is 3.21. The maximum absolute atomic E-state index is 12.3. The van der Waals surface area contributed by atoms with E-state index in [1.54, 1.807) is 6.92 Å². The number of thioether (sulfide) groups is 1. The lowest BCUT2D eigenvalue weighted by Gasteiger charge is -2.07. The summed E-state index contributed by atoms with van der Waals surface area (Å²) in [6, 6.07) is 5.96. The van der Waals surface area contributed by atoms with Crippen LogP contribution in [0.3, 0.4) is 0 Å². The van der Waals surface area contributed by atoms with Crippen molar-refractivity contribution >= 4 is 35.4 Å². The summed E-state index contributed by atoms with van der Waals surface area (Å²) in [7, 11) is 0. The third kappa shape index (κ3) is 4.91. The van der Waals surface area contributed by atoms with Gasteiger partial charge >= 0.3 is 5.97 Å². The minimum Gasteiger partial charge on any atom is -0.462 e. The lowest BCUT2D eigenvalue weighted by Crippen LogP contribution is -2.21. The first-order valence-corrected chi connectivity index (χ1v) is 9.33. The van der Waals surface area contributed by atoms with Gasteiger partial charge in [-0.15, -0.1) is 11.8 Å². The maximum Gasteiger partial charge on any atom is 0.342 e. The second kappa shape index (κ2) is 8.77. The number of hydrogen-bond acceptors (Lipinski definition) is 6. The van der Waals surface area contributed by atoms with Crippen LogP contribution in [0.1, 0.15) is 44.5 Å². The molecule has 1 aromatic heterocycles. The predicted molar refractivity (Wildman–Crippen MR) is 103 cm³/mol. The molecule has 0 aliphatic carbocycles. The number of hydrogen-bond donors (Lipinski definition) is 2. The van der Waals surface area contributed by atoms with E-state index >= 15 is 0 Å². The van der Waals surface area contributed by atoms with Crippen LogP contribution in [0.5, 0.6) is 0 Å². The molecule has 0 radical (unpaired) electrons. The summed E-state index contributed by atoms with van der Waals surface area (Å²) < 4.78 is 10.3. The van der Waals surface area contributed by atoms with Crippen molar-refractivity contribution < 1.29 is 23.5 Å². The van der Waals surface area contributed by atoms with E-state index < -0.39 is 11.9 Å². The van der Waals surface area contributed by atoms with Crippen molar-refractivity contribution in [3.63, 3.8) is 0 Å². The number of benzene rings is 1. The summed E-state index contributed by atoms with van der Waals surface area (Å²) in [6.45, 7) is 7.25. The van der Waals surface area contributed by atoms with Gasteiger partial charge in [0.05, 0.1) is 12.4 Å². The Morgan fingerprint density at radius 2 is 1.89 bits per heavy atom. The number of esters is 1. The normalized spacial score (nSPS) is 10.5. The lowest BCUT2D eigenvalue weighted by atomic mass is 10.1. The highest BCUT2D eigenvalue weighted by molar-refractivity contribution is 8.00. The molecule has 2 aromatic rings. The monoisotopic (exact) mass is 390 g/mol. The summed E-state index contributed by atoms with van der Waals surface area (Å²) in [5, 5.41) is 2.52. The van der Waals surface area contributed by atoms with Crippen molar-refractivity contribution in [2.75, 3.05) is 17.7 Å². The zero-order valence-corrected chi connectivity index (χ0v) is 16.5. The molecule has 144 valence electrons. The molecule has 0 aliphatic rings. The fourth-order valence-corrected chi connectivity index (χ4v) is 3.39. The van der Waals surface area contributed by atoms with Gasteiger partial charge < -0.3 is 14.9 Å². The largest absolute Gasteiger partial charge is 0.462 e. The average molecular weight is 390 g/mol. The van der Waals surface area contributed by atoms with Crippen LogP contribution in [0.4, 0.5) is 5.88 Å². The molecule has 0 spiro atoms. The number of ether oxygens (including phenoxy) is 1. The van der Waals surface area contributed by atoms with Gasteiger partial charge in [0, 0.05) is 4.90 Å². The van der Waals surface area contributed by atoms with Gasteiger partial charge in [0.1, 0.15) is 16.9 Å². The molecule has 7 nitrogen and oxygen atoms in total. The number of furan rings is 1. The highest BCUT2D eigenvalue weighted by atomic mass is 32.2. The van der Waals surface area contributed by atoms with E-state index in [0.717, 1.165) is 16.0 Å². The fraction of sp³-hybridized carbons (Fsp3) is 0.316. The van der Waals surface area contributed by atoms with Crippen molar-refractivity contribution in [2.45, 2.75) is 32.6 Å². The SMILES string of the molecule is CCOC(=O)c1c(C)oc(NC(=O)CSc2ccc(C)cc2C)c1C(N)=O. The number of amides is 2. The van der Waals surface area contributed by atoms with Crippen LogP contribution < -0.4 is 11.1 Å². The summed E-state index contributed by atoms with van der Waals surface area (Å²) in [5.74, 6) is -1.87. The molecule has 2 amide bonds. The molecule has 27 heavy (non-hydrogen) atoms. The second-order valence-electron chi connectivity index (χ2n) is 5.93. The van der Waals surface area contributed by atoms with Crippen LogP contribution in [0.2, 0.25) is 0 Å². The Hall–Kier alpha value is -2.74. The summed E-state index contributed by atoms with van der Waals surface area (Å²) in [5.41, 5.74) is 7.34. The van der Waals surface area contributed by atoms with Crippen molar-refractivity contribution in [1.29, 1.82) is 0 Å². The molecule has 0 bridgehead atoms. The Kier molecular flexibility index (Phi) is 6.68. The van der Waals surface area contributed by atoms with E-state index in [2.05, 4.69) is 5.32 Å². The zero-order chi connectivity index (χ0) is 20.1. The molecule has 1 heterocycles. The Morgan fingerprint density at radius 1 is 1.19 bits per heavy atom. The molecule has 0 saturated carbocycles. The molecule has 3 N–H and O–H groups in total. The quantitative estimate of drug-likeness (QED) is 0.555. The molecular formula is C19H22N2O5S. The number of nitrogens with one attached hydrogen (secondary N) is 1. The second-order valence-corrected chi connectivity index (χ2v) is 6.95. The minimum absolute atomic E-state index is 0.0679. The Bertz CT molecular complexity index is 888. The van der Waals surface area contributed by atoms with Gasteiger partial charge in [0.25, 0.3) is 5.91 Å². The van der Waals surface area contributed by atoms with Gasteiger partial charge in [0.15, 0.2) is 0 Å². The molecule has 8 heteroatoms. The third-order valence-electron chi connectivity index (χ3n) is 3.75. The van der Waals surface area contributed by atoms with Crippen LogP contribution in [-0.4, -0.2) is 30.1 Å². The first-order valence-electron chi connectivity index (χ1n) is 8.34. The molecule has 2 rings (SSSR count). The van der Waals surface area contributed by atoms with Gasteiger partial charge in [0.2, 0.25) is 11.8 Å². The topological polar surface area (TPSA) is 112 Å². The number of rotatable bonds is 7. The number of aryl methyl sites for hydroxylation is 3. The van der Waals surface area contributed by atoms with Crippen molar-refractivity contribution in [2.24, 2.45) is 5.73 Å². The summed E-state index contributed by atoms with van der Waals surface area (Å²) in [4.78, 5) is 37.1. The molecular weight excluding hydrogens is 368 g/mol. The maximum atomic E-state index is 12.3. The Balaban J connectivity index is 2.16. The van der Waals surface area contributed by atoms with Crippen LogP contribution in [0, 0.1) is 20.8 Å². The van der Waals surface area contributed by atoms with Gasteiger partial charge in [-0.2, -0.15) is 0 Å². The highest BCUT2D eigenvalue weighted by Gasteiger charge is 2.29. The number of anilines is 1. The third-order valence-corrected chi connectivity index (χ3v) is 4.93. The van der Waals surface area contributed by atoms with Gasteiger partial charge in [-0.05, 0) is 39.3 Å². The van der Waals surface area contributed by atoms with Crippen molar-refractivity contribution in [1.82, 2.24) is 0 Å². The van der Waals surface area contributed by atoms with Crippen molar-refractivity contribution in [3.05, 3.63) is 46.2 Å². The smallest absolute Gasteiger partial charge is 0.342 e. The highest BCUT2D eigenvalue weighted by Crippen LogP contribution is 2.28. The lowest BCUT2D eigenvalue weighted by molar-refractivity contribution is -0.113. The average Bonchev–Trinajstić information content (AvgIpc) is 2.90. The number of carbonyl (C=O) groups excluding carboxylic acids is 3. The van der Waals surface area contributed by atoms with Gasteiger partial charge in [-0.1, -0.05) is 17.7 Å². The fourth-order valence-electron chi connectivity index (χ4n) is 2.58.